The molecule has 2 rings (SSSR count). The van der Waals surface area contributed by atoms with Gasteiger partial charge in [-0.1, -0.05) is 12.1 Å². The number of hydrogen-bond acceptors (Lipinski definition) is 7. The van der Waals surface area contributed by atoms with E-state index in [-0.39, 0.29) is 35.3 Å². The number of benzene rings is 2. The normalized spacial score (nSPS) is 12.1. The number of nitrogens with one attached hydrogen (secondary N) is 2. The van der Waals surface area contributed by atoms with Gasteiger partial charge in [-0.2, -0.15) is 0 Å². The summed E-state index contributed by atoms with van der Waals surface area (Å²) in [6.07, 6.45) is 0.273. The number of aryl methyl sites for hydroxylation is 1. The van der Waals surface area contributed by atoms with Crippen LogP contribution in [-0.4, -0.2) is 44.7 Å². The summed E-state index contributed by atoms with van der Waals surface area (Å²) in [7, 11) is -3.55. The molecule has 1 unspecified atom stereocenters. The smallest absolute Gasteiger partial charge is 0.293 e. The molecule has 0 fully saturated rings. The number of sulfone groups is 1. The summed E-state index contributed by atoms with van der Waals surface area (Å²) in [5.74, 6) is 0.266. The van der Waals surface area contributed by atoms with Crippen LogP contribution in [0.15, 0.2) is 47.4 Å². The summed E-state index contributed by atoms with van der Waals surface area (Å²) in [5.41, 5.74) is 0.832. The highest BCUT2D eigenvalue weighted by Crippen LogP contribution is 2.27. The molecule has 29 heavy (non-hydrogen) atoms. The number of rotatable bonds is 9. The topological polar surface area (TPSA) is 128 Å². The minimum atomic E-state index is -3.55. The van der Waals surface area contributed by atoms with Gasteiger partial charge in [0.15, 0.2) is 15.9 Å². The van der Waals surface area contributed by atoms with Crippen LogP contribution in [0.4, 0.5) is 11.4 Å². The van der Waals surface area contributed by atoms with Crippen molar-refractivity contribution in [1.82, 2.24) is 5.32 Å². The van der Waals surface area contributed by atoms with E-state index in [4.69, 9.17) is 4.74 Å². The van der Waals surface area contributed by atoms with Crippen molar-refractivity contribution < 1.29 is 22.9 Å². The minimum absolute atomic E-state index is 0.134. The van der Waals surface area contributed by atoms with Gasteiger partial charge < -0.3 is 15.4 Å². The molecule has 1 atom stereocenters. The molecule has 0 radical (unpaired) electrons. The molecule has 0 aliphatic rings. The van der Waals surface area contributed by atoms with E-state index in [2.05, 4.69) is 10.6 Å². The maximum atomic E-state index is 12.1. The van der Waals surface area contributed by atoms with Crippen molar-refractivity contribution in [3.05, 3.63) is 58.1 Å². The van der Waals surface area contributed by atoms with E-state index in [1.165, 1.54) is 12.1 Å². The Morgan fingerprint density at radius 1 is 1.21 bits per heavy atom. The fraction of sp³-hybridized carbons (Fsp3) is 0.316. The van der Waals surface area contributed by atoms with E-state index < -0.39 is 20.9 Å². The lowest BCUT2D eigenvalue weighted by atomic mass is 10.2. The van der Waals surface area contributed by atoms with Crippen molar-refractivity contribution in [2.75, 3.05) is 24.7 Å². The van der Waals surface area contributed by atoms with Gasteiger partial charge in [0, 0.05) is 25.4 Å². The third kappa shape index (κ3) is 6.46. The SMILES string of the molecule is Cc1cccc(OC(C)C(=O)NCCNc2ccc(S(C)(=O)=O)cc2[N+](=O)[O-])c1. The molecule has 0 saturated heterocycles. The van der Waals surface area contributed by atoms with Gasteiger partial charge in [-0.15, -0.1) is 0 Å². The van der Waals surface area contributed by atoms with E-state index >= 15 is 0 Å². The van der Waals surface area contributed by atoms with Crippen molar-refractivity contribution in [1.29, 1.82) is 0 Å². The zero-order chi connectivity index (χ0) is 21.6. The van der Waals surface area contributed by atoms with Crippen LogP contribution in [0.5, 0.6) is 5.75 Å². The lowest BCUT2D eigenvalue weighted by molar-refractivity contribution is -0.384. The summed E-state index contributed by atoms with van der Waals surface area (Å²) >= 11 is 0. The summed E-state index contributed by atoms with van der Waals surface area (Å²) in [6, 6.07) is 11.0. The Bertz CT molecular complexity index is 1010. The Morgan fingerprint density at radius 2 is 1.93 bits per heavy atom. The molecule has 0 heterocycles. The molecule has 0 aliphatic carbocycles. The number of carbonyl (C=O) groups excluding carboxylic acids is 1. The number of nitro benzene ring substituents is 1. The first-order valence-corrected chi connectivity index (χ1v) is 10.7. The quantitative estimate of drug-likeness (QED) is 0.361. The molecule has 0 bridgehead atoms. The Balaban J connectivity index is 1.89. The molecular formula is C19H23N3O6S. The van der Waals surface area contributed by atoms with Crippen LogP contribution in [0.2, 0.25) is 0 Å². The van der Waals surface area contributed by atoms with Crippen LogP contribution >= 0.6 is 0 Å². The molecule has 1 amide bonds. The molecule has 0 spiro atoms. The molecule has 2 N–H and O–H groups in total. The summed E-state index contributed by atoms with van der Waals surface area (Å²) in [5, 5.41) is 16.7. The average Bonchev–Trinajstić information content (AvgIpc) is 2.64. The maximum Gasteiger partial charge on any atom is 0.293 e. The van der Waals surface area contributed by atoms with Gasteiger partial charge in [0.1, 0.15) is 11.4 Å². The highest BCUT2D eigenvalue weighted by atomic mass is 32.2. The lowest BCUT2D eigenvalue weighted by Gasteiger charge is -2.15. The van der Waals surface area contributed by atoms with Gasteiger partial charge in [-0.3, -0.25) is 14.9 Å². The van der Waals surface area contributed by atoms with E-state index in [1.807, 2.05) is 25.1 Å². The lowest BCUT2D eigenvalue weighted by Crippen LogP contribution is -2.38. The van der Waals surface area contributed by atoms with Crippen molar-refractivity contribution in [3.63, 3.8) is 0 Å². The van der Waals surface area contributed by atoms with Crippen LogP contribution in [0, 0.1) is 17.0 Å². The summed E-state index contributed by atoms with van der Waals surface area (Å²) in [6.45, 7) is 3.96. The predicted octanol–water partition coefficient (Wildman–Crippen LogP) is 2.30. The Labute approximate surface area is 169 Å². The molecule has 0 aromatic heterocycles. The first-order chi connectivity index (χ1) is 13.6. The van der Waals surface area contributed by atoms with Crippen molar-refractivity contribution >= 4 is 27.1 Å². The first-order valence-electron chi connectivity index (χ1n) is 8.81. The zero-order valence-electron chi connectivity index (χ0n) is 16.3. The molecule has 0 saturated carbocycles. The van der Waals surface area contributed by atoms with Gasteiger partial charge in [-0.05, 0) is 43.7 Å². The second-order valence-corrected chi connectivity index (χ2v) is 8.52. The molecule has 9 nitrogen and oxygen atoms in total. The molecule has 2 aromatic carbocycles. The van der Waals surface area contributed by atoms with E-state index in [0.717, 1.165) is 17.9 Å². The fourth-order valence-corrected chi connectivity index (χ4v) is 3.16. The summed E-state index contributed by atoms with van der Waals surface area (Å²) < 4.78 is 28.7. The second kappa shape index (κ2) is 9.37. The Hall–Kier alpha value is -3.14. The van der Waals surface area contributed by atoms with E-state index in [1.54, 1.807) is 13.0 Å². The van der Waals surface area contributed by atoms with Gasteiger partial charge in [0.05, 0.1) is 9.82 Å². The van der Waals surface area contributed by atoms with Crippen LogP contribution in [0.3, 0.4) is 0 Å². The second-order valence-electron chi connectivity index (χ2n) is 6.50. The predicted molar refractivity (Wildman–Crippen MR) is 109 cm³/mol. The third-order valence-corrected chi connectivity index (χ3v) is 5.12. The zero-order valence-corrected chi connectivity index (χ0v) is 17.2. The van der Waals surface area contributed by atoms with Crippen LogP contribution in [0.1, 0.15) is 12.5 Å². The number of nitrogens with zero attached hydrogens (tertiary/aromatic N) is 1. The van der Waals surface area contributed by atoms with Crippen molar-refractivity contribution in [3.8, 4) is 5.75 Å². The average molecular weight is 421 g/mol. The standard InChI is InChI=1S/C19H23N3O6S/c1-13-5-4-6-15(11-13)28-14(2)19(23)21-10-9-20-17-8-7-16(29(3,26)27)12-18(17)22(24)25/h4-8,11-12,14,20H,9-10H2,1-3H3,(H,21,23). The number of anilines is 1. The van der Waals surface area contributed by atoms with Crippen molar-refractivity contribution in [2.24, 2.45) is 0 Å². The summed E-state index contributed by atoms with van der Waals surface area (Å²) in [4.78, 5) is 22.6. The third-order valence-electron chi connectivity index (χ3n) is 4.01. The Kier molecular flexibility index (Phi) is 7.16. The van der Waals surface area contributed by atoms with E-state index in [0.29, 0.717) is 5.75 Å². The van der Waals surface area contributed by atoms with Crippen molar-refractivity contribution in [2.45, 2.75) is 24.8 Å². The highest BCUT2D eigenvalue weighted by molar-refractivity contribution is 7.90. The number of amides is 1. The molecule has 156 valence electrons. The largest absolute Gasteiger partial charge is 0.481 e. The molecule has 2 aromatic rings. The number of ether oxygens (including phenoxy) is 1. The maximum absolute atomic E-state index is 12.1. The molecular weight excluding hydrogens is 398 g/mol. The van der Waals surface area contributed by atoms with Gasteiger partial charge >= 0.3 is 0 Å². The number of nitro groups is 1. The van der Waals surface area contributed by atoms with E-state index in [9.17, 15) is 23.3 Å². The molecule has 0 aliphatic heterocycles. The monoisotopic (exact) mass is 421 g/mol. The van der Waals surface area contributed by atoms with Gasteiger partial charge in [-0.25, -0.2) is 8.42 Å². The Morgan fingerprint density at radius 3 is 2.55 bits per heavy atom. The number of hydrogen-bond donors (Lipinski definition) is 2. The van der Waals surface area contributed by atoms with Gasteiger partial charge in [0.2, 0.25) is 0 Å². The molecule has 10 heteroatoms. The fourth-order valence-electron chi connectivity index (χ4n) is 2.52. The van der Waals surface area contributed by atoms with Crippen LogP contribution in [-0.2, 0) is 14.6 Å². The number of carbonyl (C=O) groups is 1. The van der Waals surface area contributed by atoms with Crippen LogP contribution < -0.4 is 15.4 Å². The minimum Gasteiger partial charge on any atom is -0.481 e. The first kappa shape index (κ1) is 22.2. The van der Waals surface area contributed by atoms with Crippen LogP contribution in [0.25, 0.3) is 0 Å². The highest BCUT2D eigenvalue weighted by Gasteiger charge is 2.19. The van der Waals surface area contributed by atoms with Gasteiger partial charge in [0.25, 0.3) is 11.6 Å².